The molecule has 0 aliphatic carbocycles. The second-order valence-electron chi connectivity index (χ2n) is 2.63. The van der Waals surface area contributed by atoms with Crippen molar-refractivity contribution in [1.29, 1.82) is 0 Å². The van der Waals surface area contributed by atoms with Crippen LogP contribution in [0.3, 0.4) is 0 Å². The van der Waals surface area contributed by atoms with E-state index in [2.05, 4.69) is 18.0 Å². The Balaban J connectivity index is 2.96. The van der Waals surface area contributed by atoms with Gasteiger partial charge in [0.2, 0.25) is 0 Å². The summed E-state index contributed by atoms with van der Waals surface area (Å²) in [4.78, 5) is 3.10. The van der Waals surface area contributed by atoms with Crippen molar-refractivity contribution in [2.75, 3.05) is 0 Å². The number of H-pyrrole nitrogens is 1. The number of hydrogen-bond acceptors (Lipinski definition) is 0. The molecule has 2 rings (SSSR count). The zero-order valence-corrected chi connectivity index (χ0v) is 6.94. The molecular weight excluding hydrogens is 158 g/mol. The predicted molar refractivity (Wildman–Crippen MR) is 48.0 cm³/mol. The molecule has 1 aromatic carbocycles. The topological polar surface area (TPSA) is 15.8 Å². The van der Waals surface area contributed by atoms with Crippen LogP contribution in [0, 0.1) is 6.92 Å². The largest absolute Gasteiger partial charge is 0.360 e. The molecular formula is C9H8ClN. The first-order valence-electron chi connectivity index (χ1n) is 3.51. The van der Waals surface area contributed by atoms with Crippen LogP contribution in [-0.2, 0) is 0 Å². The fourth-order valence-corrected chi connectivity index (χ4v) is 1.62. The Hall–Kier alpha value is -0.950. The first-order valence-corrected chi connectivity index (χ1v) is 3.89. The number of aryl methyl sites for hydroxylation is 1. The van der Waals surface area contributed by atoms with Gasteiger partial charge in [0.1, 0.15) is 0 Å². The van der Waals surface area contributed by atoms with Crippen LogP contribution in [-0.4, -0.2) is 4.98 Å². The summed E-state index contributed by atoms with van der Waals surface area (Å²) in [5.74, 6) is 0. The monoisotopic (exact) mass is 165 g/mol. The maximum absolute atomic E-state index is 5.95. The number of aromatic nitrogens is 1. The molecule has 1 N–H and O–H groups in total. The lowest BCUT2D eigenvalue weighted by atomic mass is 10.1. The second-order valence-corrected chi connectivity index (χ2v) is 3.04. The SMILES string of the molecule is Cc1cccc2[nH]cc(Cl)c12. The number of rotatable bonds is 0. The van der Waals surface area contributed by atoms with Crippen LogP contribution in [0.1, 0.15) is 5.56 Å². The first-order chi connectivity index (χ1) is 5.29. The normalized spacial score (nSPS) is 10.7. The van der Waals surface area contributed by atoms with Crippen LogP contribution in [0.4, 0.5) is 0 Å². The van der Waals surface area contributed by atoms with Gasteiger partial charge in [-0.15, -0.1) is 0 Å². The average Bonchev–Trinajstić information content (AvgIpc) is 2.34. The second kappa shape index (κ2) is 2.28. The Bertz CT molecular complexity index is 389. The molecule has 2 aromatic rings. The molecule has 0 atom stereocenters. The number of fused-ring (bicyclic) bond motifs is 1. The standard InChI is InChI=1S/C9H8ClN/c1-6-3-2-4-8-9(6)7(10)5-11-8/h2-5,11H,1H3. The molecule has 0 amide bonds. The Morgan fingerprint density at radius 2 is 2.18 bits per heavy atom. The molecule has 0 aliphatic heterocycles. The third-order valence-corrected chi connectivity index (χ3v) is 2.16. The maximum atomic E-state index is 5.95. The van der Waals surface area contributed by atoms with Crippen LogP contribution in [0.15, 0.2) is 24.4 Å². The van der Waals surface area contributed by atoms with Crippen molar-refractivity contribution in [1.82, 2.24) is 4.98 Å². The minimum absolute atomic E-state index is 0.804. The first kappa shape index (κ1) is 6.74. The van der Waals surface area contributed by atoms with Crippen LogP contribution in [0.25, 0.3) is 10.9 Å². The van der Waals surface area contributed by atoms with Crippen LogP contribution in [0.5, 0.6) is 0 Å². The minimum Gasteiger partial charge on any atom is -0.360 e. The van der Waals surface area contributed by atoms with E-state index in [9.17, 15) is 0 Å². The molecule has 1 nitrogen and oxygen atoms in total. The lowest BCUT2D eigenvalue weighted by molar-refractivity contribution is 1.47. The van der Waals surface area contributed by atoms with Crippen molar-refractivity contribution in [3.8, 4) is 0 Å². The van der Waals surface area contributed by atoms with E-state index in [1.807, 2.05) is 18.3 Å². The molecule has 0 saturated carbocycles. The van der Waals surface area contributed by atoms with Gasteiger partial charge in [0, 0.05) is 17.1 Å². The highest BCUT2D eigenvalue weighted by Gasteiger charge is 2.01. The maximum Gasteiger partial charge on any atom is 0.0661 e. The molecule has 2 heteroatoms. The van der Waals surface area contributed by atoms with Gasteiger partial charge in [-0.05, 0) is 18.6 Å². The van der Waals surface area contributed by atoms with Gasteiger partial charge >= 0.3 is 0 Å². The van der Waals surface area contributed by atoms with E-state index in [1.54, 1.807) is 0 Å². The summed E-state index contributed by atoms with van der Waals surface area (Å²) in [5.41, 5.74) is 2.32. The smallest absolute Gasteiger partial charge is 0.0661 e. The molecule has 0 saturated heterocycles. The van der Waals surface area contributed by atoms with Gasteiger partial charge in [0.15, 0.2) is 0 Å². The highest BCUT2D eigenvalue weighted by atomic mass is 35.5. The third-order valence-electron chi connectivity index (χ3n) is 1.87. The fraction of sp³-hybridized carbons (Fsp3) is 0.111. The fourth-order valence-electron chi connectivity index (χ4n) is 1.32. The molecule has 1 heterocycles. The molecule has 0 spiro atoms. The number of halogens is 1. The average molecular weight is 166 g/mol. The summed E-state index contributed by atoms with van der Waals surface area (Å²) in [7, 11) is 0. The van der Waals surface area contributed by atoms with Crippen molar-refractivity contribution >= 4 is 22.5 Å². The zero-order chi connectivity index (χ0) is 7.84. The number of benzene rings is 1. The summed E-state index contributed by atoms with van der Waals surface area (Å²) in [6, 6.07) is 6.10. The Kier molecular flexibility index (Phi) is 1.40. The minimum atomic E-state index is 0.804. The van der Waals surface area contributed by atoms with E-state index in [4.69, 9.17) is 11.6 Å². The third kappa shape index (κ3) is 0.925. The van der Waals surface area contributed by atoms with Crippen molar-refractivity contribution in [2.24, 2.45) is 0 Å². The van der Waals surface area contributed by atoms with E-state index < -0.39 is 0 Å². The van der Waals surface area contributed by atoms with Gasteiger partial charge in [0.25, 0.3) is 0 Å². The molecule has 0 aliphatic rings. The van der Waals surface area contributed by atoms with Crippen molar-refractivity contribution in [3.63, 3.8) is 0 Å². The van der Waals surface area contributed by atoms with E-state index >= 15 is 0 Å². The summed E-state index contributed by atoms with van der Waals surface area (Å²) in [6.45, 7) is 2.06. The number of aromatic amines is 1. The summed E-state index contributed by atoms with van der Waals surface area (Å²) in [5, 5.41) is 1.94. The van der Waals surface area contributed by atoms with E-state index in [0.717, 1.165) is 15.9 Å². The molecule has 56 valence electrons. The Morgan fingerprint density at radius 1 is 1.36 bits per heavy atom. The quantitative estimate of drug-likeness (QED) is 0.618. The van der Waals surface area contributed by atoms with Crippen LogP contribution < -0.4 is 0 Å². The number of nitrogens with one attached hydrogen (secondary N) is 1. The van der Waals surface area contributed by atoms with Gasteiger partial charge < -0.3 is 4.98 Å². The highest BCUT2D eigenvalue weighted by Crippen LogP contribution is 2.25. The van der Waals surface area contributed by atoms with E-state index in [0.29, 0.717) is 0 Å². The van der Waals surface area contributed by atoms with E-state index in [-0.39, 0.29) is 0 Å². The van der Waals surface area contributed by atoms with Gasteiger partial charge in [-0.1, -0.05) is 23.7 Å². The number of hydrogen-bond donors (Lipinski definition) is 1. The Labute approximate surface area is 70.0 Å². The Morgan fingerprint density at radius 3 is 2.91 bits per heavy atom. The molecule has 11 heavy (non-hydrogen) atoms. The molecule has 0 bridgehead atoms. The van der Waals surface area contributed by atoms with E-state index in [1.165, 1.54) is 5.56 Å². The summed E-state index contributed by atoms with van der Waals surface area (Å²) in [6.07, 6.45) is 1.82. The predicted octanol–water partition coefficient (Wildman–Crippen LogP) is 3.13. The molecule has 0 radical (unpaired) electrons. The van der Waals surface area contributed by atoms with Gasteiger partial charge in [0.05, 0.1) is 5.02 Å². The van der Waals surface area contributed by atoms with Gasteiger partial charge in [-0.3, -0.25) is 0 Å². The van der Waals surface area contributed by atoms with Crippen molar-refractivity contribution in [2.45, 2.75) is 6.92 Å². The lowest BCUT2D eigenvalue weighted by Crippen LogP contribution is -1.72. The van der Waals surface area contributed by atoms with Crippen molar-refractivity contribution in [3.05, 3.63) is 35.0 Å². The molecule has 0 unspecified atom stereocenters. The summed E-state index contributed by atoms with van der Waals surface area (Å²) >= 11 is 5.95. The highest BCUT2D eigenvalue weighted by molar-refractivity contribution is 6.35. The van der Waals surface area contributed by atoms with Gasteiger partial charge in [-0.2, -0.15) is 0 Å². The lowest BCUT2D eigenvalue weighted by Gasteiger charge is -1.94. The summed E-state index contributed by atoms with van der Waals surface area (Å²) < 4.78 is 0. The molecule has 1 aromatic heterocycles. The zero-order valence-electron chi connectivity index (χ0n) is 6.19. The van der Waals surface area contributed by atoms with Gasteiger partial charge in [-0.25, -0.2) is 0 Å². The van der Waals surface area contributed by atoms with Crippen molar-refractivity contribution < 1.29 is 0 Å². The molecule has 0 fully saturated rings. The van der Waals surface area contributed by atoms with Crippen LogP contribution in [0.2, 0.25) is 5.02 Å². The van der Waals surface area contributed by atoms with Crippen LogP contribution >= 0.6 is 11.6 Å².